The molecular weight excluding hydrogens is 174 g/mol. The van der Waals surface area contributed by atoms with Crippen molar-refractivity contribution in [3.8, 4) is 0 Å². The van der Waals surface area contributed by atoms with Crippen molar-refractivity contribution in [1.82, 2.24) is 9.97 Å². The lowest BCUT2D eigenvalue weighted by Gasteiger charge is -2.26. The third-order valence-electron chi connectivity index (χ3n) is 2.10. The van der Waals surface area contributed by atoms with Gasteiger partial charge in [-0.1, -0.05) is 0 Å². The topological polar surface area (TPSA) is 37.8 Å². The number of aromatic nitrogens is 2. The van der Waals surface area contributed by atoms with Gasteiger partial charge in [0, 0.05) is 6.04 Å². The van der Waals surface area contributed by atoms with E-state index in [9.17, 15) is 0 Å². The lowest BCUT2D eigenvalue weighted by molar-refractivity contribution is 0.445. The molecule has 2 rings (SSSR count). The summed E-state index contributed by atoms with van der Waals surface area (Å²) in [5.41, 5.74) is 0.962. The molecule has 0 atom stereocenters. The van der Waals surface area contributed by atoms with Crippen LogP contribution in [0.4, 0.5) is 5.69 Å². The van der Waals surface area contributed by atoms with Gasteiger partial charge in [-0.3, -0.25) is 0 Å². The average Bonchev–Trinajstić information content (AvgIpc) is 2.00. The number of hydrogen-bond acceptors (Lipinski definition) is 3. The van der Waals surface area contributed by atoms with Crippen LogP contribution in [-0.4, -0.2) is 16.0 Å². The van der Waals surface area contributed by atoms with Gasteiger partial charge in [0.25, 0.3) is 0 Å². The molecule has 0 spiro atoms. The van der Waals surface area contributed by atoms with E-state index in [1.165, 1.54) is 19.3 Å². The van der Waals surface area contributed by atoms with Crippen LogP contribution in [0.3, 0.4) is 0 Å². The van der Waals surface area contributed by atoms with E-state index in [-0.39, 0.29) is 0 Å². The van der Waals surface area contributed by atoms with Gasteiger partial charge in [0.15, 0.2) is 0 Å². The van der Waals surface area contributed by atoms with Gasteiger partial charge in [-0.05, 0) is 30.9 Å². The number of rotatable bonds is 2. The van der Waals surface area contributed by atoms with E-state index < -0.39 is 0 Å². The molecule has 1 heterocycles. The highest BCUT2D eigenvalue weighted by Crippen LogP contribution is 2.22. The van der Waals surface area contributed by atoms with Gasteiger partial charge in [0.05, 0.1) is 18.1 Å². The van der Waals surface area contributed by atoms with Gasteiger partial charge < -0.3 is 5.32 Å². The second kappa shape index (κ2) is 3.27. The van der Waals surface area contributed by atoms with Crippen molar-refractivity contribution in [2.45, 2.75) is 25.3 Å². The van der Waals surface area contributed by atoms with Crippen molar-refractivity contribution in [3.05, 3.63) is 17.7 Å². The first kappa shape index (κ1) is 7.80. The zero-order valence-electron chi connectivity index (χ0n) is 6.63. The summed E-state index contributed by atoms with van der Waals surface area (Å²) in [5.74, 6) is 0. The summed E-state index contributed by atoms with van der Waals surface area (Å²) >= 11 is 5.55. The predicted octanol–water partition coefficient (Wildman–Crippen LogP) is 2.09. The Kier molecular flexibility index (Phi) is 2.13. The second-order valence-electron chi connectivity index (χ2n) is 3.01. The molecule has 4 heteroatoms. The zero-order chi connectivity index (χ0) is 8.39. The second-order valence-corrected chi connectivity index (χ2v) is 3.35. The summed E-state index contributed by atoms with van der Waals surface area (Å²) in [7, 11) is 0. The molecule has 0 aromatic carbocycles. The smallest absolute Gasteiger partial charge is 0.222 e. The fourth-order valence-corrected chi connectivity index (χ4v) is 1.27. The third-order valence-corrected chi connectivity index (χ3v) is 2.29. The Labute approximate surface area is 76.2 Å². The molecule has 64 valence electrons. The van der Waals surface area contributed by atoms with Crippen LogP contribution in [0.5, 0.6) is 0 Å². The summed E-state index contributed by atoms with van der Waals surface area (Å²) in [6.45, 7) is 0. The van der Waals surface area contributed by atoms with Gasteiger partial charge in [-0.15, -0.1) is 0 Å². The van der Waals surface area contributed by atoms with Crippen LogP contribution in [0.25, 0.3) is 0 Å². The SMILES string of the molecule is Clc1ncc(NC2CCC2)cn1. The van der Waals surface area contributed by atoms with Crippen LogP contribution < -0.4 is 5.32 Å². The van der Waals surface area contributed by atoms with Crippen LogP contribution in [0.1, 0.15) is 19.3 Å². The molecule has 1 aliphatic rings. The number of anilines is 1. The van der Waals surface area contributed by atoms with E-state index >= 15 is 0 Å². The number of nitrogens with zero attached hydrogens (tertiary/aromatic N) is 2. The largest absolute Gasteiger partial charge is 0.380 e. The summed E-state index contributed by atoms with van der Waals surface area (Å²) in [4.78, 5) is 7.76. The minimum Gasteiger partial charge on any atom is -0.380 e. The first-order valence-corrected chi connectivity index (χ1v) is 4.46. The molecule has 0 radical (unpaired) electrons. The molecule has 3 nitrogen and oxygen atoms in total. The zero-order valence-corrected chi connectivity index (χ0v) is 7.38. The van der Waals surface area contributed by atoms with E-state index in [1.807, 2.05) is 0 Å². The normalized spacial score (nSPS) is 17.1. The lowest BCUT2D eigenvalue weighted by Crippen LogP contribution is -2.27. The molecule has 1 fully saturated rings. The quantitative estimate of drug-likeness (QED) is 0.714. The fourth-order valence-electron chi connectivity index (χ4n) is 1.18. The van der Waals surface area contributed by atoms with Crippen molar-refractivity contribution < 1.29 is 0 Å². The molecule has 12 heavy (non-hydrogen) atoms. The Hall–Kier alpha value is -0.830. The highest BCUT2D eigenvalue weighted by Gasteiger charge is 2.16. The number of halogens is 1. The van der Waals surface area contributed by atoms with Crippen molar-refractivity contribution in [1.29, 1.82) is 0 Å². The van der Waals surface area contributed by atoms with Crippen LogP contribution in [0, 0.1) is 0 Å². The maximum Gasteiger partial charge on any atom is 0.222 e. The molecule has 1 saturated carbocycles. The highest BCUT2D eigenvalue weighted by molar-refractivity contribution is 6.28. The Balaban J connectivity index is 1.98. The number of hydrogen-bond donors (Lipinski definition) is 1. The van der Waals surface area contributed by atoms with Crippen molar-refractivity contribution >= 4 is 17.3 Å². The van der Waals surface area contributed by atoms with Crippen LogP contribution >= 0.6 is 11.6 Å². The molecule has 1 N–H and O–H groups in total. The minimum atomic E-state index is 0.300. The highest BCUT2D eigenvalue weighted by atomic mass is 35.5. The minimum absolute atomic E-state index is 0.300. The van der Waals surface area contributed by atoms with Gasteiger partial charge in [0.1, 0.15) is 0 Å². The molecule has 0 bridgehead atoms. The monoisotopic (exact) mass is 183 g/mol. The van der Waals surface area contributed by atoms with Crippen LogP contribution in [-0.2, 0) is 0 Å². The van der Waals surface area contributed by atoms with Crippen molar-refractivity contribution in [3.63, 3.8) is 0 Å². The molecule has 1 aliphatic carbocycles. The summed E-state index contributed by atoms with van der Waals surface area (Å²) in [6.07, 6.45) is 7.26. The summed E-state index contributed by atoms with van der Waals surface area (Å²) in [6, 6.07) is 0.620. The van der Waals surface area contributed by atoms with Gasteiger partial charge >= 0.3 is 0 Å². The van der Waals surface area contributed by atoms with E-state index in [0.29, 0.717) is 11.3 Å². The van der Waals surface area contributed by atoms with Crippen molar-refractivity contribution in [2.75, 3.05) is 5.32 Å². The Morgan fingerprint density at radius 2 is 2.00 bits per heavy atom. The lowest BCUT2D eigenvalue weighted by atomic mass is 9.93. The Morgan fingerprint density at radius 1 is 1.33 bits per heavy atom. The average molecular weight is 184 g/mol. The molecule has 1 aromatic heterocycles. The maximum atomic E-state index is 5.55. The molecule has 1 aromatic rings. The summed E-state index contributed by atoms with van der Waals surface area (Å²) < 4.78 is 0. The van der Waals surface area contributed by atoms with E-state index in [0.717, 1.165) is 5.69 Å². The van der Waals surface area contributed by atoms with Gasteiger partial charge in [-0.2, -0.15) is 0 Å². The van der Waals surface area contributed by atoms with Gasteiger partial charge in [-0.25, -0.2) is 9.97 Å². The van der Waals surface area contributed by atoms with E-state index in [1.54, 1.807) is 12.4 Å². The molecular formula is C8H10ClN3. The molecule has 0 amide bonds. The first-order chi connectivity index (χ1) is 5.84. The molecule has 0 saturated heterocycles. The van der Waals surface area contributed by atoms with Crippen LogP contribution in [0.2, 0.25) is 5.28 Å². The fraction of sp³-hybridized carbons (Fsp3) is 0.500. The van der Waals surface area contributed by atoms with E-state index in [2.05, 4.69) is 15.3 Å². The van der Waals surface area contributed by atoms with Crippen molar-refractivity contribution in [2.24, 2.45) is 0 Å². The van der Waals surface area contributed by atoms with Gasteiger partial charge in [0.2, 0.25) is 5.28 Å². The molecule has 0 aliphatic heterocycles. The number of nitrogens with one attached hydrogen (secondary N) is 1. The third kappa shape index (κ3) is 1.67. The van der Waals surface area contributed by atoms with Crippen LogP contribution in [0.15, 0.2) is 12.4 Å². The van der Waals surface area contributed by atoms with E-state index in [4.69, 9.17) is 11.6 Å². The predicted molar refractivity (Wildman–Crippen MR) is 48.3 cm³/mol. The summed E-state index contributed by atoms with van der Waals surface area (Å²) in [5, 5.41) is 3.62. The molecule has 0 unspecified atom stereocenters. The standard InChI is InChI=1S/C8H10ClN3/c9-8-10-4-7(5-11-8)12-6-2-1-3-6/h4-6,12H,1-3H2. The Bertz CT molecular complexity index is 256. The maximum absolute atomic E-state index is 5.55. The first-order valence-electron chi connectivity index (χ1n) is 4.09. The Morgan fingerprint density at radius 3 is 2.50 bits per heavy atom.